The number of piperazine rings is 1. The summed E-state index contributed by atoms with van der Waals surface area (Å²) in [5.74, 6) is -0.889. The lowest BCUT2D eigenvalue weighted by Crippen LogP contribution is -2.51. The molecule has 44 heavy (non-hydrogen) atoms. The molecule has 1 atom stereocenters. The first-order chi connectivity index (χ1) is 21.0. The number of imidazole rings is 1. The third-order valence-corrected chi connectivity index (χ3v) is 8.13. The number of pyridine rings is 1. The summed E-state index contributed by atoms with van der Waals surface area (Å²) in [5, 5.41) is 6.00. The molecule has 1 aromatic carbocycles. The number of rotatable bonds is 7. The third-order valence-electron chi connectivity index (χ3n) is 7.82. The van der Waals surface area contributed by atoms with Gasteiger partial charge in [0.1, 0.15) is 0 Å². The average Bonchev–Trinajstić information content (AvgIpc) is 3.65. The van der Waals surface area contributed by atoms with Gasteiger partial charge in [0.15, 0.2) is 11.5 Å². The number of ether oxygens (including phenoxy) is 1. The number of amides is 3. The highest BCUT2D eigenvalue weighted by Gasteiger charge is 2.37. The molecule has 11 nitrogen and oxygen atoms in total. The van der Waals surface area contributed by atoms with Crippen LogP contribution in [0.4, 0.5) is 18.9 Å². The van der Waals surface area contributed by atoms with Crippen molar-refractivity contribution in [2.24, 2.45) is 13.0 Å². The van der Waals surface area contributed by atoms with Crippen molar-refractivity contribution in [3.63, 3.8) is 0 Å². The summed E-state index contributed by atoms with van der Waals surface area (Å²) in [6, 6.07) is 6.91. The highest BCUT2D eigenvalue weighted by molar-refractivity contribution is 6.34. The Kier molecular flexibility index (Phi) is 9.11. The van der Waals surface area contributed by atoms with E-state index >= 15 is 0 Å². The molecule has 2 fully saturated rings. The van der Waals surface area contributed by atoms with Gasteiger partial charge in [0.05, 0.1) is 29.6 Å². The molecule has 2 aliphatic heterocycles. The zero-order chi connectivity index (χ0) is 31.6. The highest BCUT2D eigenvalue weighted by Crippen LogP contribution is 2.37. The van der Waals surface area contributed by atoms with Crippen LogP contribution in [0.25, 0.3) is 11.3 Å². The summed E-state index contributed by atoms with van der Waals surface area (Å²) >= 11 is 6.43. The van der Waals surface area contributed by atoms with Crippen LogP contribution >= 0.6 is 11.6 Å². The summed E-state index contributed by atoms with van der Waals surface area (Å²) < 4.78 is 47.2. The molecule has 0 radical (unpaired) electrons. The Morgan fingerprint density at radius 2 is 1.84 bits per heavy atom. The molecule has 2 aromatic heterocycles. The number of carbonyl (C=O) groups excluding carboxylic acids is 3. The second-order valence-electron chi connectivity index (χ2n) is 10.7. The molecule has 2 N–H and O–H groups in total. The molecule has 0 aliphatic carbocycles. The molecule has 5 rings (SSSR count). The first kappa shape index (κ1) is 31.3. The number of nitrogens with zero attached hydrogens (tertiary/aromatic N) is 5. The molecular weight excluding hydrogens is 603 g/mol. The molecule has 0 spiro atoms. The van der Waals surface area contributed by atoms with E-state index in [1.165, 1.54) is 49.1 Å². The van der Waals surface area contributed by atoms with Crippen LogP contribution in [0.5, 0.6) is 5.88 Å². The molecule has 0 unspecified atom stereocenters. The van der Waals surface area contributed by atoms with Gasteiger partial charge in [-0.25, -0.2) is 9.97 Å². The Balaban J connectivity index is 1.23. The van der Waals surface area contributed by atoms with Gasteiger partial charge in [0, 0.05) is 57.0 Å². The summed E-state index contributed by atoms with van der Waals surface area (Å²) in [6.07, 6.45) is -2.12. The zero-order valence-corrected chi connectivity index (χ0v) is 24.8. The van der Waals surface area contributed by atoms with Crippen molar-refractivity contribution in [2.75, 3.05) is 51.7 Å². The summed E-state index contributed by atoms with van der Waals surface area (Å²) in [5.41, 5.74) is -0.913. The quantitative estimate of drug-likeness (QED) is 0.407. The van der Waals surface area contributed by atoms with Gasteiger partial charge in [-0.05, 0) is 49.7 Å². The third kappa shape index (κ3) is 6.65. The Labute approximate surface area is 256 Å². The number of halogens is 4. The van der Waals surface area contributed by atoms with Gasteiger partial charge in [-0.1, -0.05) is 11.6 Å². The van der Waals surface area contributed by atoms with E-state index in [-0.39, 0.29) is 51.0 Å². The lowest BCUT2D eigenvalue weighted by atomic mass is 10.0. The van der Waals surface area contributed by atoms with Gasteiger partial charge in [0.2, 0.25) is 11.8 Å². The van der Waals surface area contributed by atoms with E-state index in [0.29, 0.717) is 38.5 Å². The average molecular weight is 634 g/mol. The molecular formula is C29H31ClF3N7O4. The summed E-state index contributed by atoms with van der Waals surface area (Å²) in [6.45, 7) is 3.43. The van der Waals surface area contributed by atoms with E-state index < -0.39 is 17.8 Å². The van der Waals surface area contributed by atoms with Crippen LogP contribution in [-0.2, 0) is 18.0 Å². The lowest BCUT2D eigenvalue weighted by molar-refractivity contribution is -0.140. The first-order valence-corrected chi connectivity index (χ1v) is 14.4. The minimum absolute atomic E-state index is 0.0222. The molecule has 0 saturated carbocycles. The molecule has 0 bridgehead atoms. The lowest BCUT2D eigenvalue weighted by Gasteiger charge is -2.35. The number of benzene rings is 1. The maximum Gasteiger partial charge on any atom is 0.434 e. The number of alkyl halides is 3. The minimum Gasteiger partial charge on any atom is -0.481 e. The standard InChI is InChI=1S/C29H31ClF3N7O4/c1-38-22(20-5-6-23(44-2)37-25(20)29(31,32)33)16-35-26(38)27(42)36-18-3-4-19(21(30)14-18)28(43)40-11-9-39(10-12-40)24(41)13-17-7-8-34-15-17/h3-6,14,16-17,34H,7-13,15H2,1-2H3,(H,36,42)/t17-/m0/s1. The van der Waals surface area contributed by atoms with Crippen LogP contribution in [-0.4, -0.2) is 88.4 Å². The van der Waals surface area contributed by atoms with Crippen LogP contribution in [0.2, 0.25) is 5.02 Å². The second-order valence-corrected chi connectivity index (χ2v) is 11.1. The number of anilines is 1. The number of hydrogen-bond acceptors (Lipinski definition) is 7. The van der Waals surface area contributed by atoms with Gasteiger partial charge < -0.3 is 29.7 Å². The van der Waals surface area contributed by atoms with Crippen molar-refractivity contribution < 1.29 is 32.3 Å². The van der Waals surface area contributed by atoms with Crippen molar-refractivity contribution in [2.45, 2.75) is 19.0 Å². The van der Waals surface area contributed by atoms with Crippen LogP contribution < -0.4 is 15.4 Å². The molecule has 3 aromatic rings. The monoisotopic (exact) mass is 633 g/mol. The van der Waals surface area contributed by atoms with Crippen molar-refractivity contribution in [1.82, 2.24) is 29.7 Å². The zero-order valence-electron chi connectivity index (χ0n) is 24.1. The van der Waals surface area contributed by atoms with Crippen LogP contribution in [0, 0.1) is 5.92 Å². The van der Waals surface area contributed by atoms with Gasteiger partial charge in [0.25, 0.3) is 11.8 Å². The minimum atomic E-state index is -4.77. The maximum absolute atomic E-state index is 13.7. The molecule has 2 aliphatic rings. The fraction of sp³-hybridized carbons (Fsp3) is 0.414. The predicted molar refractivity (Wildman–Crippen MR) is 155 cm³/mol. The van der Waals surface area contributed by atoms with Crippen molar-refractivity contribution in [1.29, 1.82) is 0 Å². The molecule has 15 heteroatoms. The molecule has 4 heterocycles. The van der Waals surface area contributed by atoms with E-state index in [1.807, 2.05) is 0 Å². The van der Waals surface area contributed by atoms with Gasteiger partial charge >= 0.3 is 6.18 Å². The number of carbonyl (C=O) groups is 3. The highest BCUT2D eigenvalue weighted by atomic mass is 35.5. The number of methoxy groups -OCH3 is 1. The fourth-order valence-corrected chi connectivity index (χ4v) is 5.66. The summed E-state index contributed by atoms with van der Waals surface area (Å²) in [7, 11) is 2.62. The van der Waals surface area contributed by atoms with Gasteiger partial charge in [-0.3, -0.25) is 14.4 Å². The van der Waals surface area contributed by atoms with E-state index in [9.17, 15) is 27.6 Å². The number of aromatic nitrogens is 3. The van der Waals surface area contributed by atoms with Crippen molar-refractivity contribution >= 4 is 35.0 Å². The molecule has 2 saturated heterocycles. The van der Waals surface area contributed by atoms with E-state index in [4.69, 9.17) is 16.3 Å². The molecule has 234 valence electrons. The molecule has 3 amide bonds. The van der Waals surface area contributed by atoms with Crippen molar-refractivity contribution in [3.05, 3.63) is 58.6 Å². The fourth-order valence-electron chi connectivity index (χ4n) is 5.40. The smallest absolute Gasteiger partial charge is 0.434 e. The Morgan fingerprint density at radius 3 is 2.48 bits per heavy atom. The van der Waals surface area contributed by atoms with Crippen LogP contribution in [0.15, 0.2) is 36.5 Å². The largest absolute Gasteiger partial charge is 0.481 e. The number of nitrogens with one attached hydrogen (secondary N) is 2. The first-order valence-electron chi connectivity index (χ1n) is 14.0. The summed E-state index contributed by atoms with van der Waals surface area (Å²) in [4.78, 5) is 49.9. The van der Waals surface area contributed by atoms with Gasteiger partial charge in [-0.2, -0.15) is 13.2 Å². The topological polar surface area (TPSA) is 122 Å². The Hall–Kier alpha value is -4.17. The van der Waals surface area contributed by atoms with Crippen LogP contribution in [0.3, 0.4) is 0 Å². The maximum atomic E-state index is 13.7. The SMILES string of the molecule is COc1ccc(-c2cnc(C(=O)Nc3ccc(C(=O)N4CCN(C(=O)C[C@@H]5CCNC5)CC4)c(Cl)c3)n2C)c(C(F)(F)F)n1. The van der Waals surface area contributed by atoms with E-state index in [2.05, 4.69) is 20.6 Å². The van der Waals surface area contributed by atoms with Crippen LogP contribution in [0.1, 0.15) is 39.5 Å². The second kappa shape index (κ2) is 12.8. The Morgan fingerprint density at radius 1 is 1.11 bits per heavy atom. The van der Waals surface area contributed by atoms with E-state index in [0.717, 1.165) is 25.7 Å². The van der Waals surface area contributed by atoms with E-state index in [1.54, 1.807) is 9.80 Å². The normalized spacial score (nSPS) is 17.1. The predicted octanol–water partition coefficient (Wildman–Crippen LogP) is 3.70. The van der Waals surface area contributed by atoms with Crippen molar-refractivity contribution in [3.8, 4) is 17.1 Å². The van der Waals surface area contributed by atoms with Gasteiger partial charge in [-0.15, -0.1) is 0 Å². The Bertz CT molecular complexity index is 1560. The number of hydrogen-bond donors (Lipinski definition) is 2.